The topological polar surface area (TPSA) is 135 Å². The molecule has 0 atom stereocenters. The van der Waals surface area contributed by atoms with Crippen molar-refractivity contribution in [3.63, 3.8) is 0 Å². The van der Waals surface area contributed by atoms with Crippen LogP contribution in [-0.2, 0) is 20.6 Å². The summed E-state index contributed by atoms with van der Waals surface area (Å²) in [6, 6.07) is 22.4. The Morgan fingerprint density at radius 3 is 2.25 bits per heavy atom. The number of amides is 1. The zero-order valence-electron chi connectivity index (χ0n) is 18.6. The number of hydrogen-bond acceptors (Lipinski definition) is 9. The van der Waals surface area contributed by atoms with Gasteiger partial charge in [-0.3, -0.25) is 24.5 Å². The highest BCUT2D eigenvalue weighted by atomic mass is 32.2. The van der Waals surface area contributed by atoms with Crippen LogP contribution < -0.4 is 9.62 Å². The predicted octanol–water partition coefficient (Wildman–Crippen LogP) is 4.57. The molecule has 0 saturated heterocycles. The second-order valence-corrected chi connectivity index (χ2v) is 11.4. The average molecular weight is 542 g/mol. The van der Waals surface area contributed by atoms with E-state index in [1.54, 1.807) is 18.2 Å². The lowest BCUT2D eigenvalue weighted by atomic mass is 10.2. The summed E-state index contributed by atoms with van der Waals surface area (Å²) in [6.07, 6.45) is 0. The number of nitrogens with one attached hydrogen (secondary N) is 1. The molecule has 0 spiro atoms. The summed E-state index contributed by atoms with van der Waals surface area (Å²) in [5, 5.41) is 21.9. The standard InChI is InChI=1S/C23H19N5O5S3/c29-21(24-22-25-26-23(35-22)34-16-17-7-3-1-4-8-17)15-27(18-11-13-19(14-12-18)28(30)31)36(32,33)20-9-5-2-6-10-20/h1-14H,15-16H2,(H,24,25,29). The number of carbonyl (C=O) groups excluding carboxylic acids is 1. The van der Waals surface area contributed by atoms with Gasteiger partial charge in [0.15, 0.2) is 4.34 Å². The van der Waals surface area contributed by atoms with Gasteiger partial charge < -0.3 is 0 Å². The quantitative estimate of drug-likeness (QED) is 0.133. The summed E-state index contributed by atoms with van der Waals surface area (Å²) in [5.41, 5.74) is 1.03. The number of benzene rings is 3. The Morgan fingerprint density at radius 2 is 1.61 bits per heavy atom. The molecule has 0 bridgehead atoms. The highest BCUT2D eigenvalue weighted by molar-refractivity contribution is 8.00. The largest absolute Gasteiger partial charge is 0.299 e. The fraction of sp³-hybridized carbons (Fsp3) is 0.0870. The molecule has 0 aliphatic carbocycles. The molecule has 0 aliphatic heterocycles. The molecule has 1 heterocycles. The van der Waals surface area contributed by atoms with E-state index in [0.717, 1.165) is 9.87 Å². The number of carbonyl (C=O) groups is 1. The highest BCUT2D eigenvalue weighted by Gasteiger charge is 2.28. The van der Waals surface area contributed by atoms with Gasteiger partial charge in [-0.25, -0.2) is 8.42 Å². The van der Waals surface area contributed by atoms with Gasteiger partial charge in [-0.15, -0.1) is 10.2 Å². The first-order valence-corrected chi connectivity index (χ1v) is 13.7. The molecule has 0 saturated carbocycles. The van der Waals surface area contributed by atoms with E-state index in [1.165, 1.54) is 59.5 Å². The van der Waals surface area contributed by atoms with Crippen LogP contribution in [0.5, 0.6) is 0 Å². The Labute approximate surface area is 215 Å². The van der Waals surface area contributed by atoms with E-state index in [4.69, 9.17) is 0 Å². The van der Waals surface area contributed by atoms with Gasteiger partial charge in [-0.2, -0.15) is 0 Å². The molecule has 184 valence electrons. The number of nitrogens with zero attached hydrogens (tertiary/aromatic N) is 4. The van der Waals surface area contributed by atoms with Crippen LogP contribution in [0.3, 0.4) is 0 Å². The third kappa shape index (κ3) is 6.24. The van der Waals surface area contributed by atoms with E-state index in [9.17, 15) is 23.3 Å². The molecule has 4 aromatic rings. The van der Waals surface area contributed by atoms with Crippen molar-refractivity contribution in [1.82, 2.24) is 10.2 Å². The monoisotopic (exact) mass is 541 g/mol. The first-order valence-electron chi connectivity index (χ1n) is 10.5. The summed E-state index contributed by atoms with van der Waals surface area (Å²) >= 11 is 2.65. The number of sulfonamides is 1. The van der Waals surface area contributed by atoms with Crippen molar-refractivity contribution >= 4 is 55.5 Å². The maximum atomic E-state index is 13.3. The van der Waals surface area contributed by atoms with E-state index in [2.05, 4.69) is 15.5 Å². The molecule has 0 aliphatic rings. The molecule has 1 amide bonds. The molecule has 3 aromatic carbocycles. The van der Waals surface area contributed by atoms with Crippen LogP contribution in [0.25, 0.3) is 0 Å². The predicted molar refractivity (Wildman–Crippen MR) is 139 cm³/mol. The molecule has 1 N–H and O–H groups in total. The number of rotatable bonds is 10. The van der Waals surface area contributed by atoms with Crippen LogP contribution in [0.15, 0.2) is 94.2 Å². The maximum absolute atomic E-state index is 13.3. The van der Waals surface area contributed by atoms with Crippen LogP contribution in [0.1, 0.15) is 5.56 Å². The minimum absolute atomic E-state index is 0.0216. The SMILES string of the molecule is O=C(CN(c1ccc([N+](=O)[O-])cc1)S(=O)(=O)c1ccccc1)Nc1nnc(SCc2ccccc2)s1. The van der Waals surface area contributed by atoms with Gasteiger partial charge in [0.1, 0.15) is 6.54 Å². The van der Waals surface area contributed by atoms with E-state index in [1.807, 2.05) is 30.3 Å². The lowest BCUT2D eigenvalue weighted by Gasteiger charge is -2.23. The number of non-ortho nitro benzene ring substituents is 1. The Morgan fingerprint density at radius 1 is 0.972 bits per heavy atom. The molecule has 0 radical (unpaired) electrons. The summed E-state index contributed by atoms with van der Waals surface area (Å²) in [7, 11) is -4.14. The van der Waals surface area contributed by atoms with Crippen LogP contribution in [-0.4, -0.2) is 36.0 Å². The number of nitro benzene ring substituents is 1. The molecule has 10 nitrogen and oxygen atoms in total. The van der Waals surface area contributed by atoms with Crippen LogP contribution in [0.2, 0.25) is 0 Å². The second kappa shape index (κ2) is 11.3. The smallest absolute Gasteiger partial charge is 0.269 e. The number of nitro groups is 1. The van der Waals surface area contributed by atoms with E-state index in [0.29, 0.717) is 10.1 Å². The molecule has 13 heteroatoms. The van der Waals surface area contributed by atoms with E-state index in [-0.39, 0.29) is 21.4 Å². The summed E-state index contributed by atoms with van der Waals surface area (Å²) in [4.78, 5) is 23.2. The normalized spacial score (nSPS) is 11.1. The van der Waals surface area contributed by atoms with Gasteiger partial charge in [0.2, 0.25) is 11.0 Å². The maximum Gasteiger partial charge on any atom is 0.269 e. The Hall–Kier alpha value is -3.81. The molecule has 0 fully saturated rings. The number of aromatic nitrogens is 2. The minimum Gasteiger partial charge on any atom is -0.299 e. The number of hydrogen-bond donors (Lipinski definition) is 1. The fourth-order valence-electron chi connectivity index (χ4n) is 3.10. The van der Waals surface area contributed by atoms with Gasteiger partial charge in [0.05, 0.1) is 15.5 Å². The average Bonchev–Trinajstić information content (AvgIpc) is 3.34. The van der Waals surface area contributed by atoms with E-state index >= 15 is 0 Å². The molecular formula is C23H19N5O5S3. The Kier molecular flexibility index (Phi) is 7.93. The van der Waals surface area contributed by atoms with Crippen molar-refractivity contribution < 1.29 is 18.1 Å². The van der Waals surface area contributed by atoms with Crippen molar-refractivity contribution in [2.75, 3.05) is 16.2 Å². The first-order chi connectivity index (χ1) is 17.3. The third-order valence-corrected chi connectivity index (χ3v) is 8.66. The van der Waals surface area contributed by atoms with Gasteiger partial charge in [0, 0.05) is 17.9 Å². The lowest BCUT2D eigenvalue weighted by molar-refractivity contribution is -0.384. The van der Waals surface area contributed by atoms with Crippen molar-refractivity contribution in [1.29, 1.82) is 0 Å². The molecular weight excluding hydrogens is 522 g/mol. The molecule has 1 aromatic heterocycles. The zero-order chi connectivity index (χ0) is 25.5. The van der Waals surface area contributed by atoms with Crippen molar-refractivity contribution in [3.05, 3.63) is 101 Å². The second-order valence-electron chi connectivity index (χ2n) is 7.29. The zero-order valence-corrected chi connectivity index (χ0v) is 21.0. The van der Waals surface area contributed by atoms with Gasteiger partial charge >= 0.3 is 0 Å². The Bertz CT molecular complexity index is 1450. The molecule has 4 rings (SSSR count). The van der Waals surface area contributed by atoms with Crippen molar-refractivity contribution in [2.45, 2.75) is 15.0 Å². The summed E-state index contributed by atoms with van der Waals surface area (Å²) in [6.45, 7) is -0.568. The van der Waals surface area contributed by atoms with Crippen LogP contribution in [0, 0.1) is 10.1 Å². The van der Waals surface area contributed by atoms with E-state index < -0.39 is 27.4 Å². The lowest BCUT2D eigenvalue weighted by Crippen LogP contribution is -2.38. The van der Waals surface area contributed by atoms with Crippen LogP contribution >= 0.6 is 23.1 Å². The highest BCUT2D eigenvalue weighted by Crippen LogP contribution is 2.29. The minimum atomic E-state index is -4.14. The molecule has 36 heavy (non-hydrogen) atoms. The number of anilines is 2. The summed E-state index contributed by atoms with van der Waals surface area (Å²) in [5.74, 6) is 0.0516. The van der Waals surface area contributed by atoms with Gasteiger partial charge in [-0.1, -0.05) is 71.6 Å². The first kappa shape index (κ1) is 25.3. The summed E-state index contributed by atoms with van der Waals surface area (Å²) < 4.78 is 28.2. The van der Waals surface area contributed by atoms with Crippen molar-refractivity contribution in [3.8, 4) is 0 Å². The number of thioether (sulfide) groups is 1. The Balaban J connectivity index is 1.50. The fourth-order valence-corrected chi connectivity index (χ4v) is 6.27. The van der Waals surface area contributed by atoms with Crippen LogP contribution in [0.4, 0.5) is 16.5 Å². The van der Waals surface area contributed by atoms with Gasteiger partial charge in [-0.05, 0) is 29.8 Å². The van der Waals surface area contributed by atoms with Crippen molar-refractivity contribution in [2.24, 2.45) is 0 Å². The van der Waals surface area contributed by atoms with Gasteiger partial charge in [0.25, 0.3) is 15.7 Å². The molecule has 0 unspecified atom stereocenters. The third-order valence-electron chi connectivity index (χ3n) is 4.82.